The number of piperazine rings is 1. The van der Waals surface area contributed by atoms with Crippen LogP contribution in [0.2, 0.25) is 0 Å². The van der Waals surface area contributed by atoms with Gasteiger partial charge in [0.15, 0.2) is 5.69 Å². The van der Waals surface area contributed by atoms with Crippen molar-refractivity contribution in [3.8, 4) is 0 Å². The third kappa shape index (κ3) is 3.68. The third-order valence-electron chi connectivity index (χ3n) is 3.29. The predicted molar refractivity (Wildman–Crippen MR) is 83.7 cm³/mol. The molecule has 2 heterocycles. The van der Waals surface area contributed by atoms with Crippen molar-refractivity contribution >= 4 is 28.4 Å². The van der Waals surface area contributed by atoms with Crippen LogP contribution in [-0.4, -0.2) is 58.3 Å². The van der Waals surface area contributed by atoms with Crippen molar-refractivity contribution in [1.29, 1.82) is 0 Å². The summed E-state index contributed by atoms with van der Waals surface area (Å²) in [5.41, 5.74) is 1.08. The lowest BCUT2D eigenvalue weighted by atomic mass is 10.2. The number of aromatic carboxylic acids is 1. The number of carbonyl (C=O) groups excluding carboxylic acids is 1. The summed E-state index contributed by atoms with van der Waals surface area (Å²) in [6.45, 7) is 9.05. The van der Waals surface area contributed by atoms with Crippen molar-refractivity contribution in [2.45, 2.75) is 39.3 Å². The van der Waals surface area contributed by atoms with Gasteiger partial charge in [0.25, 0.3) is 0 Å². The first-order valence-electron chi connectivity index (χ1n) is 7.10. The van der Waals surface area contributed by atoms with E-state index in [0.717, 1.165) is 0 Å². The zero-order chi connectivity index (χ0) is 16.5. The summed E-state index contributed by atoms with van der Waals surface area (Å²) >= 11 is 1.31. The van der Waals surface area contributed by atoms with E-state index in [9.17, 15) is 9.59 Å². The Labute approximate surface area is 133 Å². The van der Waals surface area contributed by atoms with Crippen molar-refractivity contribution in [3.05, 3.63) is 11.2 Å². The molecule has 122 valence electrons. The summed E-state index contributed by atoms with van der Waals surface area (Å²) < 4.78 is 5.40. The van der Waals surface area contributed by atoms with Gasteiger partial charge in [0, 0.05) is 25.7 Å². The Kier molecular flexibility index (Phi) is 4.60. The molecule has 2 rings (SSSR count). The third-order valence-corrected chi connectivity index (χ3v) is 4.18. The molecular weight excluding hydrogens is 306 g/mol. The summed E-state index contributed by atoms with van der Waals surface area (Å²) in [5, 5.41) is 9.79. The zero-order valence-electron chi connectivity index (χ0n) is 13.2. The van der Waals surface area contributed by atoms with Gasteiger partial charge in [0.2, 0.25) is 0 Å². The molecular formula is C14H21N3O4S. The predicted octanol–water partition coefficient (Wildman–Crippen LogP) is 2.29. The summed E-state index contributed by atoms with van der Waals surface area (Å²) in [5.74, 6) is -1.03. The van der Waals surface area contributed by atoms with Crippen molar-refractivity contribution in [2.75, 3.05) is 24.5 Å². The molecule has 0 aromatic carbocycles. The van der Waals surface area contributed by atoms with Gasteiger partial charge in [-0.3, -0.25) is 0 Å². The fourth-order valence-corrected chi connectivity index (χ4v) is 3.17. The first kappa shape index (κ1) is 16.5. The molecule has 0 spiro atoms. The molecule has 1 atom stereocenters. The minimum absolute atomic E-state index is 0.0626. The fourth-order valence-electron chi connectivity index (χ4n) is 2.34. The number of anilines is 1. The van der Waals surface area contributed by atoms with Gasteiger partial charge in [-0.25, -0.2) is 14.6 Å². The molecule has 0 bridgehead atoms. The smallest absolute Gasteiger partial charge is 0.410 e. The Morgan fingerprint density at radius 3 is 2.64 bits per heavy atom. The lowest BCUT2D eigenvalue weighted by molar-refractivity contribution is 0.0158. The standard InChI is InChI=1S/C14H21N3O4S/c1-9-7-16(11-10(12(18)19)15-8-22-11)5-6-17(9)13(20)21-14(2,3)4/h8-9H,5-7H2,1-4H3,(H,18,19)/t9-/m1/s1. The molecule has 0 unspecified atom stereocenters. The molecule has 8 heteroatoms. The summed E-state index contributed by atoms with van der Waals surface area (Å²) in [6.07, 6.45) is -0.331. The van der Waals surface area contributed by atoms with Crippen molar-refractivity contribution in [1.82, 2.24) is 9.88 Å². The Morgan fingerprint density at radius 1 is 1.41 bits per heavy atom. The van der Waals surface area contributed by atoms with Crippen LogP contribution in [0.15, 0.2) is 5.51 Å². The van der Waals surface area contributed by atoms with Gasteiger partial charge in [-0.15, -0.1) is 11.3 Å². The molecule has 1 aromatic heterocycles. The van der Waals surface area contributed by atoms with Crippen LogP contribution in [0, 0.1) is 0 Å². The second kappa shape index (κ2) is 6.12. The van der Waals surface area contributed by atoms with E-state index in [0.29, 0.717) is 24.6 Å². The van der Waals surface area contributed by atoms with Gasteiger partial charge in [0.1, 0.15) is 10.6 Å². The van der Waals surface area contributed by atoms with E-state index in [2.05, 4.69) is 4.98 Å². The van der Waals surface area contributed by atoms with Crippen molar-refractivity contribution in [2.24, 2.45) is 0 Å². The second-order valence-electron chi connectivity index (χ2n) is 6.28. The molecule has 1 amide bonds. The maximum Gasteiger partial charge on any atom is 0.410 e. The largest absolute Gasteiger partial charge is 0.476 e. The maximum atomic E-state index is 12.2. The van der Waals surface area contributed by atoms with Crippen molar-refractivity contribution < 1.29 is 19.4 Å². The second-order valence-corrected chi connectivity index (χ2v) is 7.11. The number of hydrogen-bond acceptors (Lipinski definition) is 6. The van der Waals surface area contributed by atoms with E-state index in [1.54, 1.807) is 4.90 Å². The van der Waals surface area contributed by atoms with Gasteiger partial charge in [-0.1, -0.05) is 0 Å². The van der Waals surface area contributed by atoms with Crippen LogP contribution >= 0.6 is 11.3 Å². The van der Waals surface area contributed by atoms with Gasteiger partial charge in [-0.05, 0) is 27.7 Å². The Balaban J connectivity index is 2.05. The van der Waals surface area contributed by atoms with E-state index < -0.39 is 11.6 Å². The first-order chi connectivity index (χ1) is 10.2. The minimum Gasteiger partial charge on any atom is -0.476 e. The zero-order valence-corrected chi connectivity index (χ0v) is 14.0. The molecule has 0 radical (unpaired) electrons. The van der Waals surface area contributed by atoms with E-state index in [4.69, 9.17) is 9.84 Å². The fraction of sp³-hybridized carbons (Fsp3) is 0.643. The number of rotatable bonds is 2. The summed E-state index contributed by atoms with van der Waals surface area (Å²) in [7, 11) is 0. The molecule has 1 aromatic rings. The first-order valence-corrected chi connectivity index (χ1v) is 7.98. The molecule has 1 saturated heterocycles. The SMILES string of the molecule is C[C@@H]1CN(c2scnc2C(=O)O)CCN1C(=O)OC(C)(C)C. The average molecular weight is 327 g/mol. The molecule has 1 fully saturated rings. The lowest BCUT2D eigenvalue weighted by Gasteiger charge is -2.40. The Hall–Kier alpha value is -1.83. The van der Waals surface area contributed by atoms with Gasteiger partial charge < -0.3 is 19.6 Å². The Morgan fingerprint density at radius 2 is 2.09 bits per heavy atom. The number of aromatic nitrogens is 1. The van der Waals surface area contributed by atoms with E-state index in [1.165, 1.54) is 16.8 Å². The van der Waals surface area contributed by atoms with Crippen LogP contribution in [0.5, 0.6) is 0 Å². The number of carboxylic acid groups (broad SMARTS) is 1. The summed E-state index contributed by atoms with van der Waals surface area (Å²) in [4.78, 5) is 30.9. The molecule has 1 aliphatic rings. The highest BCUT2D eigenvalue weighted by Crippen LogP contribution is 2.28. The number of ether oxygens (including phenoxy) is 1. The maximum absolute atomic E-state index is 12.2. The topological polar surface area (TPSA) is 83.0 Å². The van der Waals surface area contributed by atoms with Crippen LogP contribution in [0.3, 0.4) is 0 Å². The van der Waals surface area contributed by atoms with Crippen LogP contribution in [-0.2, 0) is 4.74 Å². The van der Waals surface area contributed by atoms with Crippen LogP contribution < -0.4 is 4.90 Å². The van der Waals surface area contributed by atoms with Crippen LogP contribution in [0.25, 0.3) is 0 Å². The van der Waals surface area contributed by atoms with E-state index >= 15 is 0 Å². The normalized spacial score (nSPS) is 19.2. The number of thiazole rings is 1. The molecule has 0 aliphatic carbocycles. The van der Waals surface area contributed by atoms with Crippen LogP contribution in [0.1, 0.15) is 38.2 Å². The van der Waals surface area contributed by atoms with Gasteiger partial charge in [-0.2, -0.15) is 0 Å². The van der Waals surface area contributed by atoms with Gasteiger partial charge in [0.05, 0.1) is 5.51 Å². The number of amides is 1. The molecule has 0 saturated carbocycles. The minimum atomic E-state index is -1.03. The summed E-state index contributed by atoms with van der Waals surface area (Å²) in [6, 6.07) is -0.0626. The molecule has 1 aliphatic heterocycles. The number of carbonyl (C=O) groups is 2. The highest BCUT2D eigenvalue weighted by atomic mass is 32.1. The van der Waals surface area contributed by atoms with Crippen molar-refractivity contribution in [3.63, 3.8) is 0 Å². The monoisotopic (exact) mass is 327 g/mol. The quantitative estimate of drug-likeness (QED) is 0.897. The van der Waals surface area contributed by atoms with Crippen LogP contribution in [0.4, 0.5) is 9.80 Å². The average Bonchev–Trinajstić information content (AvgIpc) is 2.85. The number of nitrogens with zero attached hydrogens (tertiary/aromatic N) is 3. The molecule has 7 nitrogen and oxygen atoms in total. The van der Waals surface area contributed by atoms with Gasteiger partial charge >= 0.3 is 12.1 Å². The number of hydrogen-bond donors (Lipinski definition) is 1. The van der Waals surface area contributed by atoms with E-state index in [-0.39, 0.29) is 17.8 Å². The lowest BCUT2D eigenvalue weighted by Crippen LogP contribution is -2.55. The Bertz CT molecular complexity index is 567. The van der Waals surface area contributed by atoms with E-state index in [1.807, 2.05) is 32.6 Å². The highest BCUT2D eigenvalue weighted by Gasteiger charge is 2.32. The molecule has 1 N–H and O–H groups in total. The highest BCUT2D eigenvalue weighted by molar-refractivity contribution is 7.14. The number of carboxylic acids is 1. The molecule has 22 heavy (non-hydrogen) atoms.